The molecule has 0 fully saturated rings. The van der Waals surface area contributed by atoms with E-state index in [1.165, 1.54) is 0 Å². The summed E-state index contributed by atoms with van der Waals surface area (Å²) in [6, 6.07) is 2.46. The van der Waals surface area contributed by atoms with Gasteiger partial charge >= 0.3 is 5.97 Å². The lowest BCUT2D eigenvalue weighted by molar-refractivity contribution is -0.142. The van der Waals surface area contributed by atoms with Gasteiger partial charge in [0.15, 0.2) is 11.9 Å². The minimum absolute atomic E-state index is 0.00889. The van der Waals surface area contributed by atoms with Crippen molar-refractivity contribution >= 4 is 52.4 Å². The van der Waals surface area contributed by atoms with Crippen LogP contribution in [0.2, 0.25) is 0 Å². The number of para-hydroxylation sites is 1. The molecule has 17 N–H and O–H groups in total. The van der Waals surface area contributed by atoms with E-state index in [4.69, 9.17) is 34.4 Å². The van der Waals surface area contributed by atoms with E-state index in [1.54, 1.807) is 6.20 Å². The molecular weight excluding hydrogens is 600 g/mol. The molecule has 18 nitrogen and oxygen atoms in total. The van der Waals surface area contributed by atoms with Gasteiger partial charge in [-0.2, -0.15) is 0 Å². The fourth-order valence-corrected chi connectivity index (χ4v) is 4.52. The summed E-state index contributed by atoms with van der Waals surface area (Å²) in [5.41, 5.74) is 34.0. The molecule has 0 aliphatic heterocycles. The molecule has 18 heteroatoms. The van der Waals surface area contributed by atoms with Crippen LogP contribution in [0.5, 0.6) is 0 Å². The molecule has 0 bridgehead atoms. The van der Waals surface area contributed by atoms with Crippen LogP contribution in [0.3, 0.4) is 0 Å². The zero-order valence-electron chi connectivity index (χ0n) is 25.4. The molecule has 4 atom stereocenters. The van der Waals surface area contributed by atoms with Crippen molar-refractivity contribution < 1.29 is 29.1 Å². The number of aliphatic carboxylic acids is 1. The molecule has 2 aromatic rings. The number of aromatic amines is 1. The maximum atomic E-state index is 13.7. The predicted molar refractivity (Wildman–Crippen MR) is 172 cm³/mol. The normalized spacial score (nSPS) is 13.4. The highest BCUT2D eigenvalue weighted by Crippen LogP contribution is 2.19. The number of carbonyl (C=O) groups is 5. The first-order chi connectivity index (χ1) is 21.8. The van der Waals surface area contributed by atoms with E-state index in [0.717, 1.165) is 10.9 Å². The van der Waals surface area contributed by atoms with Crippen molar-refractivity contribution in [3.63, 3.8) is 0 Å². The Morgan fingerprint density at radius 2 is 1.30 bits per heavy atom. The summed E-state index contributed by atoms with van der Waals surface area (Å²) in [5.74, 6) is -4.46. The number of hydrogen-bond acceptors (Lipinski definition) is 8. The first-order valence-electron chi connectivity index (χ1n) is 14.6. The number of carboxylic acid groups (broad SMARTS) is 1. The third-order valence-corrected chi connectivity index (χ3v) is 6.91. The lowest BCUT2D eigenvalue weighted by Gasteiger charge is -2.25. The van der Waals surface area contributed by atoms with Crippen molar-refractivity contribution in [3.8, 4) is 0 Å². The second-order valence-corrected chi connectivity index (χ2v) is 10.6. The van der Waals surface area contributed by atoms with Crippen molar-refractivity contribution in [3.05, 3.63) is 36.0 Å². The van der Waals surface area contributed by atoms with E-state index in [1.807, 2.05) is 24.3 Å². The molecule has 1 aromatic carbocycles. The Kier molecular flexibility index (Phi) is 14.7. The Morgan fingerprint density at radius 1 is 0.761 bits per heavy atom. The lowest BCUT2D eigenvalue weighted by Crippen LogP contribution is -2.57. The van der Waals surface area contributed by atoms with E-state index in [-0.39, 0.29) is 70.0 Å². The smallest absolute Gasteiger partial charge is 0.326 e. The molecule has 0 radical (unpaired) electrons. The highest BCUT2D eigenvalue weighted by atomic mass is 16.4. The fourth-order valence-electron chi connectivity index (χ4n) is 4.52. The number of carboxylic acids is 1. The summed E-state index contributed by atoms with van der Waals surface area (Å²) >= 11 is 0. The van der Waals surface area contributed by atoms with Gasteiger partial charge in [-0.3, -0.25) is 29.2 Å². The van der Waals surface area contributed by atoms with Gasteiger partial charge < -0.3 is 60.4 Å². The summed E-state index contributed by atoms with van der Waals surface area (Å²) in [5, 5.41) is 18.2. The first-order valence-corrected chi connectivity index (χ1v) is 14.6. The highest BCUT2D eigenvalue weighted by Gasteiger charge is 2.31. The van der Waals surface area contributed by atoms with Gasteiger partial charge in [-0.1, -0.05) is 18.2 Å². The number of nitrogens with zero attached hydrogens (tertiary/aromatic N) is 2. The van der Waals surface area contributed by atoms with Crippen molar-refractivity contribution in [1.82, 2.24) is 20.9 Å². The van der Waals surface area contributed by atoms with E-state index in [2.05, 4.69) is 30.9 Å². The zero-order chi connectivity index (χ0) is 34.2. The van der Waals surface area contributed by atoms with E-state index in [0.29, 0.717) is 5.56 Å². The molecule has 0 aliphatic carbocycles. The second-order valence-electron chi connectivity index (χ2n) is 10.6. The van der Waals surface area contributed by atoms with Crippen LogP contribution in [-0.2, 0) is 30.4 Å². The maximum Gasteiger partial charge on any atom is 0.326 e. The first kappa shape index (κ1) is 36.8. The number of H-pyrrole nitrogens is 1. The van der Waals surface area contributed by atoms with Crippen LogP contribution in [0.25, 0.3) is 10.9 Å². The Bertz CT molecular complexity index is 1420. The average Bonchev–Trinajstić information content (AvgIpc) is 3.40. The number of nitrogens with two attached hydrogens (primary N) is 6. The molecule has 0 saturated heterocycles. The largest absolute Gasteiger partial charge is 0.480 e. The van der Waals surface area contributed by atoms with Crippen LogP contribution in [0.15, 0.2) is 40.4 Å². The molecule has 252 valence electrons. The molecule has 1 aromatic heterocycles. The summed E-state index contributed by atoms with van der Waals surface area (Å²) in [6.45, 7) is 0.282. The van der Waals surface area contributed by atoms with Gasteiger partial charge in [0.05, 0.1) is 6.04 Å². The standard InChI is InChI=1S/C28H44N12O6/c29-17(9-10-22(30)41)23(42)40-21(13-15-14-37-18-6-2-1-5-16(15)18)25(44)38-19(7-3-11-35-27(31)32)24(43)39-20(26(45)46)8-4-12-36-28(33)34/h1-2,5-6,14,17,19-21,37H,3-4,7-13,29H2,(H2,30,41)(H,38,44)(H,39,43)(H,40,42)(H,45,46)(H4,31,32,35)(H4,33,34,36). The molecule has 0 saturated carbocycles. The Labute approximate surface area is 265 Å². The van der Waals surface area contributed by atoms with Crippen molar-refractivity contribution in [1.29, 1.82) is 0 Å². The van der Waals surface area contributed by atoms with Gasteiger partial charge in [-0.05, 0) is 43.7 Å². The number of aliphatic imine (C=N–C) groups is 2. The van der Waals surface area contributed by atoms with Gasteiger partial charge in [0.1, 0.15) is 18.1 Å². The Balaban J connectivity index is 2.30. The number of rotatable bonds is 20. The molecule has 0 aliphatic rings. The van der Waals surface area contributed by atoms with Crippen LogP contribution in [0.1, 0.15) is 44.1 Å². The van der Waals surface area contributed by atoms with Gasteiger partial charge in [0, 0.05) is 43.0 Å². The zero-order valence-corrected chi connectivity index (χ0v) is 25.4. The number of guanidine groups is 2. The second kappa shape index (κ2) is 18.4. The monoisotopic (exact) mass is 644 g/mol. The van der Waals surface area contributed by atoms with Crippen molar-refractivity contribution in [2.45, 2.75) is 69.1 Å². The third kappa shape index (κ3) is 12.7. The lowest BCUT2D eigenvalue weighted by atomic mass is 10.0. The van der Waals surface area contributed by atoms with E-state index in [9.17, 15) is 29.1 Å². The molecule has 0 spiro atoms. The Morgan fingerprint density at radius 3 is 1.89 bits per heavy atom. The van der Waals surface area contributed by atoms with Gasteiger partial charge in [0.2, 0.25) is 23.6 Å². The minimum atomic E-state index is -1.30. The van der Waals surface area contributed by atoms with Gasteiger partial charge in [-0.15, -0.1) is 0 Å². The molecule has 1 heterocycles. The fraction of sp³-hybridized carbons (Fsp3) is 0.464. The summed E-state index contributed by atoms with van der Waals surface area (Å²) < 4.78 is 0. The molecular formula is C28H44N12O6. The minimum Gasteiger partial charge on any atom is -0.480 e. The van der Waals surface area contributed by atoms with Crippen LogP contribution in [0.4, 0.5) is 0 Å². The maximum absolute atomic E-state index is 13.7. The number of amides is 4. The summed E-state index contributed by atoms with van der Waals surface area (Å²) in [4.78, 5) is 73.9. The Hall–Kier alpha value is -5.39. The average molecular weight is 645 g/mol. The molecule has 2 rings (SSSR count). The predicted octanol–water partition coefficient (Wildman–Crippen LogP) is -3.05. The van der Waals surface area contributed by atoms with Crippen molar-refractivity contribution in [2.75, 3.05) is 13.1 Å². The van der Waals surface area contributed by atoms with Gasteiger partial charge in [0.25, 0.3) is 0 Å². The number of benzene rings is 1. The molecule has 4 unspecified atom stereocenters. The number of aromatic nitrogens is 1. The highest BCUT2D eigenvalue weighted by molar-refractivity contribution is 5.95. The van der Waals surface area contributed by atoms with Crippen LogP contribution in [-0.4, -0.2) is 88.9 Å². The quantitative estimate of drug-likeness (QED) is 0.0390. The van der Waals surface area contributed by atoms with E-state index >= 15 is 0 Å². The van der Waals surface area contributed by atoms with Gasteiger partial charge in [-0.25, -0.2) is 4.79 Å². The van der Waals surface area contributed by atoms with Crippen LogP contribution in [0, 0.1) is 0 Å². The topological polar surface area (TPSA) is 338 Å². The number of fused-ring (bicyclic) bond motifs is 1. The van der Waals surface area contributed by atoms with Crippen LogP contribution >= 0.6 is 0 Å². The number of carbonyl (C=O) groups excluding carboxylic acids is 4. The van der Waals surface area contributed by atoms with Crippen molar-refractivity contribution in [2.24, 2.45) is 44.4 Å². The number of hydrogen-bond donors (Lipinski definition) is 11. The number of nitrogens with one attached hydrogen (secondary N) is 4. The number of primary amides is 1. The van der Waals surface area contributed by atoms with Crippen LogP contribution < -0.4 is 50.4 Å². The molecule has 46 heavy (non-hydrogen) atoms. The molecule has 4 amide bonds. The SMILES string of the molecule is NC(=O)CCC(N)C(=O)NC(Cc1c[nH]c2ccccc12)C(=O)NC(CCCN=C(N)N)C(=O)NC(CCCN=C(N)N)C(=O)O. The summed E-state index contributed by atoms with van der Waals surface area (Å²) in [6.07, 6.45) is 2.07. The third-order valence-electron chi connectivity index (χ3n) is 6.91. The summed E-state index contributed by atoms with van der Waals surface area (Å²) in [7, 11) is 0. The van der Waals surface area contributed by atoms with E-state index < -0.39 is 53.8 Å².